The Kier molecular flexibility index (Phi) is 3.23. The maximum Gasteiger partial charge on any atom is 0.320 e. The van der Waals surface area contributed by atoms with E-state index in [-0.39, 0.29) is 12.1 Å². The van der Waals surface area contributed by atoms with Crippen LogP contribution in [0.1, 0.15) is 29.0 Å². The molecule has 0 spiro atoms. The lowest BCUT2D eigenvalue weighted by Gasteiger charge is -2.13. The fourth-order valence-corrected chi connectivity index (χ4v) is 3.60. The van der Waals surface area contributed by atoms with Gasteiger partial charge in [0, 0.05) is 18.2 Å². The molecule has 1 aromatic carbocycles. The van der Waals surface area contributed by atoms with Gasteiger partial charge in [-0.05, 0) is 42.0 Å². The topological polar surface area (TPSA) is 77.8 Å². The highest BCUT2D eigenvalue weighted by molar-refractivity contribution is 5.88. The summed E-state index contributed by atoms with van der Waals surface area (Å²) in [5.41, 5.74) is 3.26. The van der Waals surface area contributed by atoms with E-state index >= 15 is 0 Å². The summed E-state index contributed by atoms with van der Waals surface area (Å²) >= 11 is 0. The molecule has 0 bridgehead atoms. The Hall–Kier alpha value is -2.87. The van der Waals surface area contributed by atoms with Gasteiger partial charge in [-0.3, -0.25) is 5.32 Å². The van der Waals surface area contributed by atoms with E-state index in [4.69, 9.17) is 5.26 Å². The van der Waals surface area contributed by atoms with Crippen LogP contribution >= 0.6 is 0 Å². The van der Waals surface area contributed by atoms with Crippen molar-refractivity contribution < 1.29 is 4.79 Å². The Labute approximate surface area is 134 Å². The van der Waals surface area contributed by atoms with Gasteiger partial charge in [-0.2, -0.15) is 5.26 Å². The third-order valence-electron chi connectivity index (χ3n) is 4.76. The SMILES string of the molecule is N#Cc1ccc(NC(=O)N[C@@H]2[C@@H]3CCc4ccccc4[C@@H]32)nc1. The first kappa shape index (κ1) is 13.8. The minimum absolute atomic E-state index is 0.206. The van der Waals surface area contributed by atoms with E-state index < -0.39 is 0 Å². The summed E-state index contributed by atoms with van der Waals surface area (Å²) in [6.07, 6.45) is 3.67. The van der Waals surface area contributed by atoms with Crippen LogP contribution in [0, 0.1) is 17.2 Å². The Morgan fingerprint density at radius 3 is 2.91 bits per heavy atom. The maximum atomic E-state index is 12.1. The van der Waals surface area contributed by atoms with E-state index in [2.05, 4.69) is 39.9 Å². The molecule has 5 nitrogen and oxygen atoms in total. The molecule has 114 valence electrons. The van der Waals surface area contributed by atoms with E-state index in [1.54, 1.807) is 12.1 Å². The fraction of sp³-hybridized carbons (Fsp3) is 0.278. The van der Waals surface area contributed by atoms with Crippen molar-refractivity contribution in [3.05, 3.63) is 59.3 Å². The van der Waals surface area contributed by atoms with E-state index in [9.17, 15) is 4.79 Å². The highest BCUT2D eigenvalue weighted by Crippen LogP contribution is 2.54. The number of hydrogen-bond acceptors (Lipinski definition) is 3. The molecule has 0 unspecified atom stereocenters. The molecule has 1 saturated carbocycles. The molecule has 0 saturated heterocycles. The molecular formula is C18H16N4O. The molecule has 0 aliphatic heterocycles. The molecule has 2 amide bonds. The predicted molar refractivity (Wildman–Crippen MR) is 85.9 cm³/mol. The van der Waals surface area contributed by atoms with Crippen LogP contribution in [-0.2, 0) is 6.42 Å². The van der Waals surface area contributed by atoms with Crippen LogP contribution in [-0.4, -0.2) is 17.1 Å². The second-order valence-electron chi connectivity index (χ2n) is 6.10. The van der Waals surface area contributed by atoms with Crippen molar-refractivity contribution in [3.63, 3.8) is 0 Å². The number of anilines is 1. The summed E-state index contributed by atoms with van der Waals surface area (Å²) in [6, 6.07) is 13.7. The standard InChI is InChI=1S/C18H16N4O/c19-9-11-5-8-15(20-10-11)21-18(23)22-17-14-7-6-12-3-1-2-4-13(12)16(14)17/h1-5,8,10,14,16-17H,6-7H2,(H2,20,21,22,23)/t14-,16+,17-/m1/s1. The molecule has 2 aliphatic rings. The van der Waals surface area contributed by atoms with Crippen LogP contribution < -0.4 is 10.6 Å². The van der Waals surface area contributed by atoms with Crippen molar-refractivity contribution >= 4 is 11.8 Å². The number of rotatable bonds is 2. The molecule has 0 radical (unpaired) electrons. The number of aromatic nitrogens is 1. The lowest BCUT2D eigenvalue weighted by atomic mass is 9.92. The molecule has 2 N–H and O–H groups in total. The normalized spacial score (nSPS) is 23.9. The van der Waals surface area contributed by atoms with Gasteiger partial charge >= 0.3 is 6.03 Å². The third kappa shape index (κ3) is 2.53. The number of amides is 2. The zero-order valence-corrected chi connectivity index (χ0v) is 12.5. The van der Waals surface area contributed by atoms with Crippen molar-refractivity contribution in [2.45, 2.75) is 24.8 Å². The van der Waals surface area contributed by atoms with Crippen molar-refractivity contribution in [2.75, 3.05) is 5.32 Å². The molecule has 23 heavy (non-hydrogen) atoms. The first-order chi connectivity index (χ1) is 11.3. The molecule has 2 aliphatic carbocycles. The highest BCUT2D eigenvalue weighted by Gasteiger charge is 2.53. The van der Waals surface area contributed by atoms with Crippen LogP contribution in [0.5, 0.6) is 0 Å². The van der Waals surface area contributed by atoms with Crippen LogP contribution in [0.25, 0.3) is 0 Å². The number of urea groups is 1. The third-order valence-corrected chi connectivity index (χ3v) is 4.76. The Bertz CT molecular complexity index is 793. The number of nitrogens with zero attached hydrogens (tertiary/aromatic N) is 2. The van der Waals surface area contributed by atoms with Crippen molar-refractivity contribution in [1.29, 1.82) is 5.26 Å². The largest absolute Gasteiger partial charge is 0.334 e. The van der Waals surface area contributed by atoms with E-state index in [0.717, 1.165) is 12.8 Å². The number of nitriles is 1. The van der Waals surface area contributed by atoms with Crippen molar-refractivity contribution in [2.24, 2.45) is 5.92 Å². The van der Waals surface area contributed by atoms with Gasteiger partial charge < -0.3 is 5.32 Å². The van der Waals surface area contributed by atoms with E-state index in [1.807, 2.05) is 6.07 Å². The minimum atomic E-state index is -0.237. The van der Waals surface area contributed by atoms with Crippen molar-refractivity contribution in [1.82, 2.24) is 10.3 Å². The van der Waals surface area contributed by atoms with Crippen molar-refractivity contribution in [3.8, 4) is 6.07 Å². The summed E-state index contributed by atoms with van der Waals surface area (Å²) in [7, 11) is 0. The number of nitrogens with one attached hydrogen (secondary N) is 2. The van der Waals surface area contributed by atoms with Gasteiger partial charge in [0.05, 0.1) is 5.56 Å². The Morgan fingerprint density at radius 2 is 2.13 bits per heavy atom. The lowest BCUT2D eigenvalue weighted by Crippen LogP contribution is -2.32. The van der Waals surface area contributed by atoms with Gasteiger partial charge in [0.2, 0.25) is 0 Å². The van der Waals surface area contributed by atoms with Gasteiger partial charge in [0.15, 0.2) is 0 Å². The first-order valence-corrected chi connectivity index (χ1v) is 7.78. The number of carbonyl (C=O) groups is 1. The molecule has 1 fully saturated rings. The average molecular weight is 304 g/mol. The monoisotopic (exact) mass is 304 g/mol. The maximum absolute atomic E-state index is 12.1. The number of aryl methyl sites for hydroxylation is 1. The molecule has 5 heteroatoms. The number of carbonyl (C=O) groups excluding carboxylic acids is 1. The minimum Gasteiger partial charge on any atom is -0.334 e. The average Bonchev–Trinajstić information content (AvgIpc) is 3.29. The van der Waals surface area contributed by atoms with Gasteiger partial charge in [-0.15, -0.1) is 0 Å². The van der Waals surface area contributed by atoms with E-state index in [1.165, 1.54) is 17.3 Å². The smallest absolute Gasteiger partial charge is 0.320 e. The summed E-state index contributed by atoms with van der Waals surface area (Å²) in [5, 5.41) is 14.5. The number of pyridine rings is 1. The molecule has 1 heterocycles. The Morgan fingerprint density at radius 1 is 1.26 bits per heavy atom. The summed E-state index contributed by atoms with van der Waals surface area (Å²) < 4.78 is 0. The van der Waals surface area contributed by atoms with E-state index in [0.29, 0.717) is 23.2 Å². The van der Waals surface area contributed by atoms with Gasteiger partial charge in [0.1, 0.15) is 11.9 Å². The second-order valence-corrected chi connectivity index (χ2v) is 6.10. The molecule has 3 atom stereocenters. The molecular weight excluding hydrogens is 288 g/mol. The molecule has 2 aromatic rings. The zero-order chi connectivity index (χ0) is 15.8. The van der Waals surface area contributed by atoms with Crippen LogP contribution in [0.2, 0.25) is 0 Å². The second kappa shape index (κ2) is 5.40. The summed E-state index contributed by atoms with van der Waals surface area (Å²) in [5.74, 6) is 1.44. The quantitative estimate of drug-likeness (QED) is 0.895. The molecule has 1 aromatic heterocycles. The number of fused-ring (bicyclic) bond motifs is 3. The number of hydrogen-bond donors (Lipinski definition) is 2. The first-order valence-electron chi connectivity index (χ1n) is 7.78. The summed E-state index contributed by atoms with van der Waals surface area (Å²) in [6.45, 7) is 0. The van der Waals surface area contributed by atoms with Gasteiger partial charge in [-0.1, -0.05) is 24.3 Å². The zero-order valence-electron chi connectivity index (χ0n) is 12.5. The highest BCUT2D eigenvalue weighted by atomic mass is 16.2. The Balaban J connectivity index is 1.40. The van der Waals surface area contributed by atoms with Gasteiger partial charge in [0.25, 0.3) is 0 Å². The number of benzene rings is 1. The van der Waals surface area contributed by atoms with Crippen LogP contribution in [0.3, 0.4) is 0 Å². The fourth-order valence-electron chi connectivity index (χ4n) is 3.60. The van der Waals surface area contributed by atoms with Crippen LogP contribution in [0.4, 0.5) is 10.6 Å². The lowest BCUT2D eigenvalue weighted by molar-refractivity contribution is 0.251. The van der Waals surface area contributed by atoms with Gasteiger partial charge in [-0.25, -0.2) is 9.78 Å². The summed E-state index contributed by atoms with van der Waals surface area (Å²) in [4.78, 5) is 16.2. The molecule has 4 rings (SSSR count). The predicted octanol–water partition coefficient (Wildman–Crippen LogP) is 2.80. The van der Waals surface area contributed by atoms with Crippen LogP contribution in [0.15, 0.2) is 42.6 Å².